The fourth-order valence-corrected chi connectivity index (χ4v) is 3.35. The first-order valence-electron chi connectivity index (χ1n) is 9.03. The molecule has 10 heteroatoms. The van der Waals surface area contributed by atoms with Gasteiger partial charge in [0, 0.05) is 17.7 Å². The van der Waals surface area contributed by atoms with Gasteiger partial charge in [0.25, 0.3) is 0 Å². The van der Waals surface area contributed by atoms with Gasteiger partial charge in [0.05, 0.1) is 24.8 Å². The van der Waals surface area contributed by atoms with Crippen LogP contribution in [0.3, 0.4) is 0 Å². The summed E-state index contributed by atoms with van der Waals surface area (Å²) in [5.74, 6) is -0.350. The van der Waals surface area contributed by atoms with Gasteiger partial charge >= 0.3 is 12.8 Å². The predicted molar refractivity (Wildman–Crippen MR) is 98.5 cm³/mol. The van der Waals surface area contributed by atoms with Crippen LogP contribution in [0, 0.1) is 0 Å². The molecule has 2 N–H and O–H groups in total. The molecule has 30 heavy (non-hydrogen) atoms. The third-order valence-electron chi connectivity index (χ3n) is 4.76. The lowest BCUT2D eigenvalue weighted by atomic mass is 10.1. The quantitative estimate of drug-likeness (QED) is 0.673. The Kier molecular flexibility index (Phi) is 6.45. The highest BCUT2D eigenvalue weighted by atomic mass is 19.4. The zero-order valence-corrected chi connectivity index (χ0v) is 15.6. The Morgan fingerprint density at radius 1 is 1.10 bits per heavy atom. The SMILES string of the molecule is NC(=O)c1ccc(N2C[C@@H](Oc3ccc(C(F)(F)F)cc3)C[C@H]2COC(F)F)cc1. The maximum atomic E-state index is 12.7. The van der Waals surface area contributed by atoms with Crippen LogP contribution in [0.2, 0.25) is 0 Å². The minimum atomic E-state index is -4.45. The number of rotatable bonds is 7. The van der Waals surface area contributed by atoms with Gasteiger partial charge in [-0.2, -0.15) is 22.0 Å². The van der Waals surface area contributed by atoms with Crippen molar-refractivity contribution in [2.24, 2.45) is 5.73 Å². The Morgan fingerprint density at radius 2 is 1.73 bits per heavy atom. The summed E-state index contributed by atoms with van der Waals surface area (Å²) in [6.07, 6.45) is -4.58. The van der Waals surface area contributed by atoms with Crippen molar-refractivity contribution in [3.8, 4) is 5.75 Å². The highest BCUT2D eigenvalue weighted by Crippen LogP contribution is 2.32. The van der Waals surface area contributed by atoms with Crippen LogP contribution < -0.4 is 15.4 Å². The molecule has 1 aliphatic heterocycles. The van der Waals surface area contributed by atoms with Gasteiger partial charge in [0.2, 0.25) is 5.91 Å². The summed E-state index contributed by atoms with van der Waals surface area (Å²) in [7, 11) is 0. The van der Waals surface area contributed by atoms with Gasteiger partial charge in [-0.3, -0.25) is 4.79 Å². The van der Waals surface area contributed by atoms with E-state index in [2.05, 4.69) is 4.74 Å². The highest BCUT2D eigenvalue weighted by Gasteiger charge is 2.35. The first-order valence-corrected chi connectivity index (χ1v) is 9.03. The summed E-state index contributed by atoms with van der Waals surface area (Å²) in [6.45, 7) is -2.89. The third kappa shape index (κ3) is 5.38. The van der Waals surface area contributed by atoms with Crippen LogP contribution in [-0.2, 0) is 10.9 Å². The first-order chi connectivity index (χ1) is 14.1. The van der Waals surface area contributed by atoms with Crippen molar-refractivity contribution < 1.29 is 36.2 Å². The minimum Gasteiger partial charge on any atom is -0.489 e. The number of hydrogen-bond donors (Lipinski definition) is 1. The second-order valence-corrected chi connectivity index (χ2v) is 6.81. The Balaban J connectivity index is 1.73. The monoisotopic (exact) mass is 430 g/mol. The second kappa shape index (κ2) is 8.86. The molecule has 1 fully saturated rings. The lowest BCUT2D eigenvalue weighted by Crippen LogP contribution is -2.34. The Labute approximate surface area is 169 Å². The molecular formula is C20H19F5N2O3. The van der Waals surface area contributed by atoms with Gasteiger partial charge in [-0.05, 0) is 48.5 Å². The molecule has 1 heterocycles. The van der Waals surface area contributed by atoms with Gasteiger partial charge < -0.3 is 20.1 Å². The van der Waals surface area contributed by atoms with Gasteiger partial charge in [0.15, 0.2) is 0 Å². The van der Waals surface area contributed by atoms with Gasteiger partial charge in [0.1, 0.15) is 11.9 Å². The molecule has 1 saturated heterocycles. The Morgan fingerprint density at radius 3 is 2.27 bits per heavy atom. The molecule has 162 valence electrons. The largest absolute Gasteiger partial charge is 0.489 e. The molecule has 2 atom stereocenters. The van der Waals surface area contributed by atoms with Crippen molar-refractivity contribution in [2.75, 3.05) is 18.1 Å². The van der Waals surface area contributed by atoms with E-state index in [4.69, 9.17) is 10.5 Å². The zero-order chi connectivity index (χ0) is 21.9. The van der Waals surface area contributed by atoms with Crippen LogP contribution in [0.25, 0.3) is 0 Å². The van der Waals surface area contributed by atoms with E-state index < -0.39 is 36.4 Å². The number of carbonyl (C=O) groups is 1. The van der Waals surface area contributed by atoms with Crippen molar-refractivity contribution in [1.29, 1.82) is 0 Å². The van der Waals surface area contributed by atoms with Gasteiger partial charge in [-0.15, -0.1) is 0 Å². The summed E-state index contributed by atoms with van der Waals surface area (Å²) in [6, 6.07) is 10.1. The molecule has 0 radical (unpaired) electrons. The van der Waals surface area contributed by atoms with Crippen molar-refractivity contribution >= 4 is 11.6 Å². The van der Waals surface area contributed by atoms with E-state index in [1.165, 1.54) is 24.3 Å². The predicted octanol–water partition coefficient (Wildman–Crippen LogP) is 4.07. The molecule has 1 aliphatic rings. The lowest BCUT2D eigenvalue weighted by molar-refractivity contribution is -0.137. The Bertz CT molecular complexity index is 856. The third-order valence-corrected chi connectivity index (χ3v) is 4.76. The maximum absolute atomic E-state index is 12.7. The molecule has 5 nitrogen and oxygen atoms in total. The molecule has 2 aromatic rings. The number of nitrogens with zero attached hydrogens (tertiary/aromatic N) is 1. The van der Waals surface area contributed by atoms with E-state index in [0.717, 1.165) is 12.1 Å². The molecule has 0 spiro atoms. The highest BCUT2D eigenvalue weighted by molar-refractivity contribution is 5.93. The number of alkyl halides is 5. The second-order valence-electron chi connectivity index (χ2n) is 6.81. The zero-order valence-electron chi connectivity index (χ0n) is 15.6. The van der Waals surface area contributed by atoms with E-state index in [1.807, 2.05) is 0 Å². The molecule has 1 amide bonds. The van der Waals surface area contributed by atoms with Crippen LogP contribution in [0.4, 0.5) is 27.6 Å². The van der Waals surface area contributed by atoms with Crippen LogP contribution in [0.15, 0.2) is 48.5 Å². The number of nitrogens with two attached hydrogens (primary N) is 1. The number of carbonyl (C=O) groups excluding carboxylic acids is 1. The number of ether oxygens (including phenoxy) is 2. The fourth-order valence-electron chi connectivity index (χ4n) is 3.35. The number of amides is 1. The first kappa shape index (κ1) is 21.8. The van der Waals surface area contributed by atoms with Gasteiger partial charge in [-0.25, -0.2) is 0 Å². The molecule has 0 aromatic heterocycles. The number of benzene rings is 2. The maximum Gasteiger partial charge on any atom is 0.416 e. The number of primary amides is 1. The number of hydrogen-bond acceptors (Lipinski definition) is 4. The van der Waals surface area contributed by atoms with E-state index in [9.17, 15) is 26.7 Å². The van der Waals surface area contributed by atoms with Crippen molar-refractivity contribution in [1.82, 2.24) is 0 Å². The van der Waals surface area contributed by atoms with E-state index in [-0.39, 0.29) is 12.4 Å². The summed E-state index contributed by atoms with van der Waals surface area (Å²) in [4.78, 5) is 13.0. The van der Waals surface area contributed by atoms with Crippen LogP contribution >= 0.6 is 0 Å². The summed E-state index contributed by atoms with van der Waals surface area (Å²) < 4.78 is 73.3. The van der Waals surface area contributed by atoms with Crippen LogP contribution in [0.1, 0.15) is 22.3 Å². The van der Waals surface area contributed by atoms with Crippen LogP contribution in [0.5, 0.6) is 5.75 Å². The molecule has 0 unspecified atom stereocenters. The molecule has 0 bridgehead atoms. The van der Waals surface area contributed by atoms with Crippen molar-refractivity contribution in [3.63, 3.8) is 0 Å². The van der Waals surface area contributed by atoms with E-state index in [0.29, 0.717) is 24.2 Å². The van der Waals surface area contributed by atoms with E-state index >= 15 is 0 Å². The smallest absolute Gasteiger partial charge is 0.416 e. The van der Waals surface area contributed by atoms with E-state index in [1.54, 1.807) is 17.0 Å². The number of halogens is 5. The minimum absolute atomic E-state index is 0.243. The lowest BCUT2D eigenvalue weighted by Gasteiger charge is -2.26. The molecular weight excluding hydrogens is 411 g/mol. The molecule has 0 saturated carbocycles. The standard InChI is InChI=1S/C20H19F5N2O3/c21-19(22)29-11-15-9-17(30-16-7-3-13(4-8-16)20(23,24)25)10-27(15)14-5-1-12(2-6-14)18(26)28/h1-8,15,17,19H,9-11H2,(H2,26,28)/t15-,17-/m0/s1. The summed E-state index contributed by atoms with van der Waals surface area (Å²) >= 11 is 0. The summed E-state index contributed by atoms with van der Waals surface area (Å²) in [5.41, 5.74) is 5.39. The summed E-state index contributed by atoms with van der Waals surface area (Å²) in [5, 5.41) is 0. The molecule has 2 aromatic carbocycles. The normalized spacial score (nSPS) is 19.3. The van der Waals surface area contributed by atoms with Crippen LogP contribution in [-0.4, -0.2) is 37.8 Å². The number of anilines is 1. The van der Waals surface area contributed by atoms with Crippen molar-refractivity contribution in [2.45, 2.75) is 31.4 Å². The average molecular weight is 430 g/mol. The van der Waals surface area contributed by atoms with Crippen molar-refractivity contribution in [3.05, 3.63) is 59.7 Å². The fraction of sp³-hybridized carbons (Fsp3) is 0.350. The topological polar surface area (TPSA) is 64.8 Å². The average Bonchev–Trinajstić information content (AvgIpc) is 3.08. The Hall–Kier alpha value is -2.88. The molecule has 3 rings (SSSR count). The van der Waals surface area contributed by atoms with Gasteiger partial charge in [-0.1, -0.05) is 0 Å². The molecule has 0 aliphatic carbocycles.